The summed E-state index contributed by atoms with van der Waals surface area (Å²) in [5, 5.41) is 23.2. The minimum absolute atomic E-state index is 0.0891. The lowest BCUT2D eigenvalue weighted by atomic mass is 9.85. The molecule has 35 heavy (non-hydrogen) atoms. The fraction of sp³-hybridized carbons (Fsp3) is 0.200. The average molecular weight is 468 g/mol. The molecular weight excluding hydrogens is 441 g/mol. The number of hydrogen-bond acceptors (Lipinski definition) is 4. The molecule has 0 bridgehead atoms. The van der Waals surface area contributed by atoms with Gasteiger partial charge in [0.1, 0.15) is 22.9 Å². The molecule has 4 aromatic carbocycles. The number of phenolic OH excluding ortho intramolecular Hbond substituents is 1. The number of aliphatic hydroxyl groups is 1. The van der Waals surface area contributed by atoms with Gasteiger partial charge in [0, 0.05) is 23.6 Å². The van der Waals surface area contributed by atoms with Gasteiger partial charge in [0.25, 0.3) is 0 Å². The Morgan fingerprint density at radius 1 is 0.943 bits per heavy atom. The number of hydrogen-bond donors (Lipinski definition) is 2. The van der Waals surface area contributed by atoms with Crippen LogP contribution in [0.1, 0.15) is 39.4 Å². The number of fused-ring (bicyclic) bond motifs is 2. The number of halogens is 1. The Labute approximate surface area is 203 Å². The van der Waals surface area contributed by atoms with E-state index in [1.54, 1.807) is 12.1 Å². The maximum Gasteiger partial charge on any atom is 0.140 e. The number of rotatable bonds is 4. The molecule has 0 saturated heterocycles. The van der Waals surface area contributed by atoms with E-state index in [1.165, 1.54) is 12.1 Å². The van der Waals surface area contributed by atoms with Gasteiger partial charge in [0.15, 0.2) is 0 Å². The summed E-state index contributed by atoms with van der Waals surface area (Å²) >= 11 is 0. The quantitative estimate of drug-likeness (QED) is 0.409. The van der Waals surface area contributed by atoms with Crippen LogP contribution >= 0.6 is 0 Å². The highest BCUT2D eigenvalue weighted by atomic mass is 19.1. The molecule has 176 valence electrons. The first-order valence-corrected chi connectivity index (χ1v) is 11.8. The molecule has 6 rings (SSSR count). The number of β-amino-alcohol motifs (C(OH)–C–C–N with tert-alkyl or cyclic N) is 1. The van der Waals surface area contributed by atoms with Crippen molar-refractivity contribution in [3.63, 3.8) is 0 Å². The van der Waals surface area contributed by atoms with Crippen molar-refractivity contribution in [3.8, 4) is 11.5 Å². The molecule has 0 amide bonds. The molecule has 0 spiro atoms. The van der Waals surface area contributed by atoms with Gasteiger partial charge < -0.3 is 19.8 Å². The minimum Gasteiger partial charge on any atom is -0.507 e. The van der Waals surface area contributed by atoms with Crippen LogP contribution in [0.4, 0.5) is 10.1 Å². The minimum atomic E-state index is -1.74. The van der Waals surface area contributed by atoms with Crippen molar-refractivity contribution in [3.05, 3.63) is 124 Å². The van der Waals surface area contributed by atoms with Crippen LogP contribution in [0.5, 0.6) is 11.5 Å². The molecule has 2 aliphatic heterocycles. The van der Waals surface area contributed by atoms with Crippen LogP contribution in [0.3, 0.4) is 0 Å². The first-order chi connectivity index (χ1) is 17.0. The van der Waals surface area contributed by atoms with Gasteiger partial charge in [0.05, 0.1) is 24.9 Å². The summed E-state index contributed by atoms with van der Waals surface area (Å²) in [5.41, 5.74) is 3.24. The van der Waals surface area contributed by atoms with Crippen molar-refractivity contribution in [2.45, 2.75) is 25.0 Å². The Kier molecular flexibility index (Phi) is 5.04. The number of aromatic hydroxyl groups is 1. The van der Waals surface area contributed by atoms with Crippen molar-refractivity contribution in [1.82, 2.24) is 0 Å². The van der Waals surface area contributed by atoms with Crippen molar-refractivity contribution in [2.24, 2.45) is 0 Å². The second-order valence-corrected chi connectivity index (χ2v) is 9.38. The average Bonchev–Trinajstić information content (AvgIpc) is 3.45. The maximum atomic E-state index is 15.6. The zero-order valence-corrected chi connectivity index (χ0v) is 19.4. The third-order valence-corrected chi connectivity index (χ3v) is 7.22. The fourth-order valence-corrected chi connectivity index (χ4v) is 5.65. The van der Waals surface area contributed by atoms with Gasteiger partial charge in [-0.1, -0.05) is 66.7 Å². The van der Waals surface area contributed by atoms with Crippen molar-refractivity contribution in [1.29, 1.82) is 0 Å². The molecule has 0 saturated carbocycles. The number of nitrogens with zero attached hydrogens (tertiary/aromatic N) is 1. The van der Waals surface area contributed by atoms with Gasteiger partial charge >= 0.3 is 0 Å². The molecular formula is C30H26FNO3. The van der Waals surface area contributed by atoms with Crippen LogP contribution in [-0.2, 0) is 12.0 Å². The van der Waals surface area contributed by atoms with Crippen LogP contribution in [0.2, 0.25) is 0 Å². The Balaban J connectivity index is 1.59. The van der Waals surface area contributed by atoms with Crippen LogP contribution in [-0.4, -0.2) is 23.4 Å². The zero-order chi connectivity index (χ0) is 24.2. The molecule has 2 N–H and O–H groups in total. The van der Waals surface area contributed by atoms with E-state index < -0.39 is 11.4 Å². The highest BCUT2D eigenvalue weighted by molar-refractivity contribution is 5.72. The smallest absolute Gasteiger partial charge is 0.140 e. The van der Waals surface area contributed by atoms with E-state index >= 15 is 4.39 Å². The molecule has 4 aromatic rings. The monoisotopic (exact) mass is 467 g/mol. The van der Waals surface area contributed by atoms with Crippen LogP contribution in [0, 0.1) is 12.7 Å². The van der Waals surface area contributed by atoms with Gasteiger partial charge in [-0.3, -0.25) is 0 Å². The third kappa shape index (κ3) is 3.38. The second kappa shape index (κ2) is 8.14. The summed E-state index contributed by atoms with van der Waals surface area (Å²) in [6, 6.07) is 26.3. The second-order valence-electron chi connectivity index (χ2n) is 9.38. The molecule has 0 aromatic heterocycles. The SMILES string of the molecule is Cc1ccc(F)c2c1N(C(c1ccccc1)c1ccccc1)CC2(O)c1cc2c(cc1O)OCC2. The molecule has 1 unspecified atom stereocenters. The summed E-state index contributed by atoms with van der Waals surface area (Å²) in [6.07, 6.45) is 0.683. The Morgan fingerprint density at radius 3 is 2.26 bits per heavy atom. The number of benzene rings is 4. The third-order valence-electron chi connectivity index (χ3n) is 7.22. The van der Waals surface area contributed by atoms with E-state index in [4.69, 9.17) is 4.74 Å². The van der Waals surface area contributed by atoms with Crippen LogP contribution < -0.4 is 9.64 Å². The lowest BCUT2D eigenvalue weighted by Crippen LogP contribution is -2.37. The maximum absolute atomic E-state index is 15.6. The van der Waals surface area contributed by atoms with Crippen molar-refractivity contribution < 1.29 is 19.3 Å². The number of phenols is 1. The molecule has 5 heteroatoms. The Morgan fingerprint density at radius 2 is 1.60 bits per heavy atom. The molecule has 0 radical (unpaired) electrons. The van der Waals surface area contributed by atoms with E-state index in [1.807, 2.05) is 67.6 Å². The lowest BCUT2D eigenvalue weighted by Gasteiger charge is -2.33. The number of aryl methyl sites for hydroxylation is 1. The summed E-state index contributed by atoms with van der Waals surface area (Å²) in [4.78, 5) is 2.07. The Hall–Kier alpha value is -3.83. The number of ether oxygens (including phenoxy) is 1. The standard InChI is InChI=1S/C30H26FNO3/c1-19-12-13-24(31)27-28(19)32(29(20-8-4-2-5-9-20)21-10-6-3-7-11-21)18-30(27,34)23-16-22-14-15-35-26(22)17-25(23)33/h2-13,16-17,29,33-34H,14-15,18H2,1H3. The predicted octanol–water partition coefficient (Wildman–Crippen LogP) is 5.62. The van der Waals surface area contributed by atoms with E-state index in [-0.39, 0.29) is 23.9 Å². The summed E-state index contributed by atoms with van der Waals surface area (Å²) < 4.78 is 21.2. The zero-order valence-electron chi connectivity index (χ0n) is 19.4. The van der Waals surface area contributed by atoms with Crippen molar-refractivity contribution >= 4 is 5.69 Å². The van der Waals surface area contributed by atoms with E-state index in [0.717, 1.165) is 22.3 Å². The molecule has 0 aliphatic carbocycles. The highest BCUT2D eigenvalue weighted by Gasteiger charge is 2.49. The van der Waals surface area contributed by atoms with Gasteiger partial charge in [0.2, 0.25) is 0 Å². The molecule has 2 aliphatic rings. The van der Waals surface area contributed by atoms with Gasteiger partial charge in [-0.05, 0) is 41.3 Å². The van der Waals surface area contributed by atoms with Crippen molar-refractivity contribution in [2.75, 3.05) is 18.1 Å². The Bertz CT molecular complexity index is 1370. The molecule has 0 fully saturated rings. The van der Waals surface area contributed by atoms with E-state index in [9.17, 15) is 10.2 Å². The van der Waals surface area contributed by atoms with E-state index in [0.29, 0.717) is 30.0 Å². The summed E-state index contributed by atoms with van der Waals surface area (Å²) in [5.74, 6) is 0.0190. The van der Waals surface area contributed by atoms with Gasteiger partial charge in [-0.2, -0.15) is 0 Å². The predicted molar refractivity (Wildman–Crippen MR) is 134 cm³/mol. The summed E-state index contributed by atoms with van der Waals surface area (Å²) in [6.45, 7) is 2.54. The topological polar surface area (TPSA) is 52.9 Å². The molecule has 2 heterocycles. The van der Waals surface area contributed by atoms with Gasteiger partial charge in [-0.15, -0.1) is 0 Å². The summed E-state index contributed by atoms with van der Waals surface area (Å²) in [7, 11) is 0. The number of anilines is 1. The van der Waals surface area contributed by atoms with E-state index in [2.05, 4.69) is 4.90 Å². The first kappa shape index (κ1) is 21.7. The van der Waals surface area contributed by atoms with Crippen LogP contribution in [0.25, 0.3) is 0 Å². The lowest BCUT2D eigenvalue weighted by molar-refractivity contribution is 0.0904. The normalized spacial score (nSPS) is 18.5. The molecule has 1 atom stereocenters. The highest BCUT2D eigenvalue weighted by Crippen LogP contribution is 2.53. The van der Waals surface area contributed by atoms with Gasteiger partial charge in [-0.25, -0.2) is 4.39 Å². The fourth-order valence-electron chi connectivity index (χ4n) is 5.65. The first-order valence-electron chi connectivity index (χ1n) is 11.8. The molecule has 4 nitrogen and oxygen atoms in total. The largest absolute Gasteiger partial charge is 0.507 e. The van der Waals surface area contributed by atoms with Crippen LogP contribution in [0.15, 0.2) is 84.9 Å².